The molecule has 0 heterocycles. The van der Waals surface area contributed by atoms with Crippen molar-refractivity contribution in [2.24, 2.45) is 0 Å². The van der Waals surface area contributed by atoms with Crippen LogP contribution in [0, 0.1) is 28.6 Å². The second-order valence-corrected chi connectivity index (χ2v) is 5.68. The summed E-state index contributed by atoms with van der Waals surface area (Å²) >= 11 is 6.33. The lowest BCUT2D eigenvalue weighted by Gasteiger charge is -2.09. The SMILES string of the molecule is Cc1ccccc1.ClC(c1ccccc1)c1ccccc1.N=C=O.N=C=O.N=C=O.N=C=O. The van der Waals surface area contributed by atoms with Crippen molar-refractivity contribution in [2.45, 2.75) is 12.3 Å². The van der Waals surface area contributed by atoms with Crippen molar-refractivity contribution < 1.29 is 19.2 Å². The highest BCUT2D eigenvalue weighted by Crippen LogP contribution is 2.27. The monoisotopic (exact) mass is 466 g/mol. The molecule has 0 aliphatic carbocycles. The predicted octanol–water partition coefficient (Wildman–Crippen LogP) is 5.61. The van der Waals surface area contributed by atoms with E-state index < -0.39 is 0 Å². The van der Waals surface area contributed by atoms with Crippen LogP contribution in [0.1, 0.15) is 22.1 Å². The van der Waals surface area contributed by atoms with Gasteiger partial charge in [-0.1, -0.05) is 96.6 Å². The van der Waals surface area contributed by atoms with Crippen molar-refractivity contribution >= 4 is 35.9 Å². The molecule has 0 bridgehead atoms. The fourth-order valence-electron chi connectivity index (χ4n) is 1.97. The normalized spacial score (nSPS) is 7.24. The average molecular weight is 467 g/mol. The third-order valence-electron chi connectivity index (χ3n) is 3.12. The Balaban J connectivity index is -0.000000398. The fraction of sp³-hybridized carbons (Fsp3) is 0.0833. The zero-order valence-corrected chi connectivity index (χ0v) is 18.5. The first-order valence-electron chi connectivity index (χ1n) is 8.84. The molecule has 0 radical (unpaired) electrons. The van der Waals surface area contributed by atoms with Gasteiger partial charge in [-0.3, -0.25) is 0 Å². The van der Waals surface area contributed by atoms with Crippen LogP contribution in [0.4, 0.5) is 0 Å². The molecule has 0 saturated carbocycles. The van der Waals surface area contributed by atoms with Gasteiger partial charge in [0, 0.05) is 0 Å². The molecule has 0 saturated heterocycles. The van der Waals surface area contributed by atoms with Crippen LogP contribution in [-0.2, 0) is 19.2 Å². The van der Waals surface area contributed by atoms with Crippen molar-refractivity contribution in [1.29, 1.82) is 21.6 Å². The minimum Gasteiger partial charge on any atom is -0.222 e. The van der Waals surface area contributed by atoms with Gasteiger partial charge in [0.15, 0.2) is 0 Å². The molecule has 0 fully saturated rings. The molecule has 3 aromatic carbocycles. The molecule has 8 nitrogen and oxygen atoms in total. The smallest absolute Gasteiger partial charge is 0.222 e. The van der Waals surface area contributed by atoms with Crippen molar-refractivity contribution in [1.82, 2.24) is 0 Å². The number of nitrogens with one attached hydrogen (secondary N) is 4. The van der Waals surface area contributed by atoms with E-state index in [1.54, 1.807) is 0 Å². The first-order chi connectivity index (χ1) is 15.9. The molecule has 0 aromatic heterocycles. The van der Waals surface area contributed by atoms with Crippen LogP contribution in [0.3, 0.4) is 0 Å². The standard InChI is InChI=1S/C13H11Cl.C7H8.4CHNO/c14-13(11-7-3-1-4-8-11)12-9-5-2-6-10-12;1-7-5-3-2-4-6-7;4*2-1-3/h1-10,13H;2-6H,1H3;4*2H. The molecule has 3 rings (SSSR count). The van der Waals surface area contributed by atoms with Gasteiger partial charge in [0.2, 0.25) is 24.3 Å². The highest BCUT2D eigenvalue weighted by Gasteiger charge is 2.08. The summed E-state index contributed by atoms with van der Waals surface area (Å²) in [5.41, 5.74) is 3.60. The molecule has 0 spiro atoms. The van der Waals surface area contributed by atoms with Crippen molar-refractivity contribution in [3.05, 3.63) is 108 Å². The quantitative estimate of drug-likeness (QED) is 0.219. The Morgan fingerprint density at radius 3 is 0.939 bits per heavy atom. The predicted molar refractivity (Wildman–Crippen MR) is 125 cm³/mol. The van der Waals surface area contributed by atoms with Crippen LogP contribution < -0.4 is 0 Å². The summed E-state index contributed by atoms with van der Waals surface area (Å²) in [7, 11) is 0. The van der Waals surface area contributed by atoms with Crippen LogP contribution >= 0.6 is 11.6 Å². The number of benzene rings is 3. The zero-order chi connectivity index (χ0) is 25.7. The summed E-state index contributed by atoms with van der Waals surface area (Å²) in [5.74, 6) is 0. The third-order valence-corrected chi connectivity index (χ3v) is 3.63. The minimum absolute atomic E-state index is 0.0441. The molecular weight excluding hydrogens is 444 g/mol. The summed E-state index contributed by atoms with van der Waals surface area (Å²) in [4.78, 5) is 33.4. The maximum Gasteiger partial charge on any atom is 0.231 e. The van der Waals surface area contributed by atoms with E-state index in [2.05, 4.69) is 19.1 Å². The highest BCUT2D eigenvalue weighted by molar-refractivity contribution is 6.22. The molecule has 4 N–H and O–H groups in total. The summed E-state index contributed by atoms with van der Waals surface area (Å²) in [6.45, 7) is 2.08. The van der Waals surface area contributed by atoms with Gasteiger partial charge >= 0.3 is 0 Å². The van der Waals surface area contributed by atoms with Gasteiger partial charge in [0.05, 0.1) is 5.38 Å². The van der Waals surface area contributed by atoms with E-state index in [-0.39, 0.29) is 5.38 Å². The van der Waals surface area contributed by atoms with Crippen molar-refractivity contribution in [2.75, 3.05) is 0 Å². The Bertz CT molecular complexity index is 889. The molecule has 170 valence electrons. The molecule has 0 aliphatic heterocycles. The number of hydrogen-bond acceptors (Lipinski definition) is 8. The van der Waals surface area contributed by atoms with Gasteiger partial charge < -0.3 is 0 Å². The van der Waals surface area contributed by atoms with Crippen LogP contribution in [-0.4, -0.2) is 24.3 Å². The van der Waals surface area contributed by atoms with Crippen LogP contribution in [0.2, 0.25) is 0 Å². The Kier molecular flexibility index (Phi) is 27.6. The van der Waals surface area contributed by atoms with Crippen LogP contribution in [0.15, 0.2) is 91.0 Å². The average Bonchev–Trinajstić information content (AvgIpc) is 2.83. The maximum absolute atomic E-state index is 8.35. The lowest BCUT2D eigenvalue weighted by Crippen LogP contribution is -1.91. The number of alkyl halides is 1. The highest BCUT2D eigenvalue weighted by atomic mass is 35.5. The minimum atomic E-state index is -0.0441. The van der Waals surface area contributed by atoms with E-state index in [4.69, 9.17) is 52.4 Å². The van der Waals surface area contributed by atoms with Gasteiger partial charge in [0.1, 0.15) is 0 Å². The maximum atomic E-state index is 8.35. The number of carbonyl (C=O) groups excluding carboxylic acids is 4. The second-order valence-electron chi connectivity index (χ2n) is 5.25. The Morgan fingerprint density at radius 2 is 0.758 bits per heavy atom. The molecule has 0 atom stereocenters. The zero-order valence-electron chi connectivity index (χ0n) is 17.7. The first-order valence-corrected chi connectivity index (χ1v) is 9.28. The van der Waals surface area contributed by atoms with Gasteiger partial charge in [0.25, 0.3) is 0 Å². The van der Waals surface area contributed by atoms with Gasteiger partial charge in [-0.15, -0.1) is 11.6 Å². The van der Waals surface area contributed by atoms with Gasteiger partial charge in [-0.2, -0.15) is 0 Å². The lowest BCUT2D eigenvalue weighted by atomic mass is 10.0. The lowest BCUT2D eigenvalue weighted by molar-refractivity contribution is 0.562. The van der Waals surface area contributed by atoms with Crippen molar-refractivity contribution in [3.63, 3.8) is 0 Å². The van der Waals surface area contributed by atoms with Crippen molar-refractivity contribution in [3.8, 4) is 0 Å². The molecule has 0 amide bonds. The first kappa shape index (κ1) is 33.1. The molecule has 9 heteroatoms. The number of rotatable bonds is 2. The van der Waals surface area contributed by atoms with E-state index in [0.717, 1.165) is 35.4 Å². The van der Waals surface area contributed by atoms with E-state index in [0.29, 0.717) is 0 Å². The summed E-state index contributed by atoms with van der Waals surface area (Å²) in [6.07, 6.45) is 3.00. The summed E-state index contributed by atoms with van der Waals surface area (Å²) < 4.78 is 0. The van der Waals surface area contributed by atoms with Crippen LogP contribution in [0.5, 0.6) is 0 Å². The molecule has 33 heavy (non-hydrogen) atoms. The van der Waals surface area contributed by atoms with Crippen LogP contribution in [0.25, 0.3) is 0 Å². The molecule has 0 aliphatic rings. The Labute approximate surface area is 196 Å². The summed E-state index contributed by atoms with van der Waals surface area (Å²) in [6, 6.07) is 30.5. The van der Waals surface area contributed by atoms with E-state index in [1.807, 2.05) is 78.9 Å². The number of isocyanates is 4. The summed E-state index contributed by atoms with van der Waals surface area (Å²) in [5, 5.41) is 21.6. The van der Waals surface area contributed by atoms with Gasteiger partial charge in [-0.05, 0) is 18.1 Å². The molecular formula is C24H23ClN4O4. The largest absolute Gasteiger partial charge is 0.231 e. The fourth-order valence-corrected chi connectivity index (χ4v) is 2.26. The topological polar surface area (TPSA) is 164 Å². The number of halogens is 1. The van der Waals surface area contributed by atoms with E-state index in [9.17, 15) is 0 Å². The number of aryl methyl sites for hydroxylation is 1. The third kappa shape index (κ3) is 23.6. The molecule has 3 aromatic rings. The Morgan fingerprint density at radius 1 is 0.545 bits per heavy atom. The second kappa shape index (κ2) is 27.5. The van der Waals surface area contributed by atoms with E-state index >= 15 is 0 Å². The molecule has 0 unspecified atom stereocenters. The van der Waals surface area contributed by atoms with Gasteiger partial charge in [-0.25, -0.2) is 40.8 Å². The Hall–Kier alpha value is -4.53. The number of hydrogen-bond donors (Lipinski definition) is 4. The van der Waals surface area contributed by atoms with E-state index in [1.165, 1.54) is 5.56 Å².